The van der Waals surface area contributed by atoms with Crippen molar-refractivity contribution in [2.75, 3.05) is 0 Å². The van der Waals surface area contributed by atoms with Gasteiger partial charge < -0.3 is 5.32 Å². The van der Waals surface area contributed by atoms with Gasteiger partial charge in [0.15, 0.2) is 0 Å². The Bertz CT molecular complexity index is 494. The highest BCUT2D eigenvalue weighted by molar-refractivity contribution is 7.08. The second kappa shape index (κ2) is 4.63. The van der Waals surface area contributed by atoms with Crippen LogP contribution < -0.4 is 5.32 Å². The van der Waals surface area contributed by atoms with Gasteiger partial charge in [-0.2, -0.15) is 11.3 Å². The first-order valence-corrected chi connectivity index (χ1v) is 7.13. The standard InChI is InChI=1S/C15H17NS/c1-11-2-4-12(5-3-11)15-10-17-9-13(15)8-16-14-6-7-14/h2-5,9-10,14,16H,6-8H2,1H3. The fraction of sp³-hybridized carbons (Fsp3) is 0.333. The number of aryl methyl sites for hydroxylation is 1. The van der Waals surface area contributed by atoms with E-state index in [1.807, 2.05) is 0 Å². The molecule has 88 valence electrons. The summed E-state index contributed by atoms with van der Waals surface area (Å²) in [6.07, 6.45) is 2.70. The van der Waals surface area contributed by atoms with Crippen LogP contribution in [0.5, 0.6) is 0 Å². The molecule has 1 nitrogen and oxygen atoms in total. The molecule has 1 aliphatic carbocycles. The predicted molar refractivity (Wildman–Crippen MR) is 74.4 cm³/mol. The van der Waals surface area contributed by atoms with Gasteiger partial charge in [0.2, 0.25) is 0 Å². The van der Waals surface area contributed by atoms with Gasteiger partial charge in [-0.05, 0) is 47.2 Å². The maximum atomic E-state index is 3.59. The summed E-state index contributed by atoms with van der Waals surface area (Å²) in [6.45, 7) is 3.14. The summed E-state index contributed by atoms with van der Waals surface area (Å²) in [4.78, 5) is 0. The van der Waals surface area contributed by atoms with Gasteiger partial charge >= 0.3 is 0 Å². The molecule has 3 rings (SSSR count). The molecule has 1 heterocycles. The Morgan fingerprint density at radius 1 is 1.18 bits per heavy atom. The Hall–Kier alpha value is -1.12. The van der Waals surface area contributed by atoms with Gasteiger partial charge in [0.05, 0.1) is 0 Å². The van der Waals surface area contributed by atoms with Crippen LogP contribution in [0.1, 0.15) is 24.0 Å². The Balaban J connectivity index is 1.81. The molecule has 0 radical (unpaired) electrons. The molecule has 1 aliphatic rings. The largest absolute Gasteiger partial charge is 0.310 e. The van der Waals surface area contributed by atoms with E-state index < -0.39 is 0 Å². The van der Waals surface area contributed by atoms with E-state index in [2.05, 4.69) is 47.3 Å². The van der Waals surface area contributed by atoms with E-state index >= 15 is 0 Å². The van der Waals surface area contributed by atoms with E-state index in [0.717, 1.165) is 12.6 Å². The minimum Gasteiger partial charge on any atom is -0.310 e. The normalized spacial score (nSPS) is 15.1. The van der Waals surface area contributed by atoms with E-state index in [0.29, 0.717) is 0 Å². The van der Waals surface area contributed by atoms with Crippen molar-refractivity contribution in [1.82, 2.24) is 5.32 Å². The number of thiophene rings is 1. The highest BCUT2D eigenvalue weighted by atomic mass is 32.1. The van der Waals surface area contributed by atoms with Crippen molar-refractivity contribution in [2.24, 2.45) is 0 Å². The van der Waals surface area contributed by atoms with Gasteiger partial charge in [-0.1, -0.05) is 29.8 Å². The van der Waals surface area contributed by atoms with Crippen molar-refractivity contribution in [1.29, 1.82) is 0 Å². The summed E-state index contributed by atoms with van der Waals surface area (Å²) in [6, 6.07) is 9.59. The van der Waals surface area contributed by atoms with Crippen LogP contribution in [0.2, 0.25) is 0 Å². The van der Waals surface area contributed by atoms with Gasteiger partial charge in [-0.3, -0.25) is 0 Å². The zero-order valence-electron chi connectivity index (χ0n) is 10.1. The third-order valence-electron chi connectivity index (χ3n) is 3.26. The molecule has 2 heteroatoms. The zero-order valence-corrected chi connectivity index (χ0v) is 10.9. The summed E-state index contributed by atoms with van der Waals surface area (Å²) >= 11 is 1.80. The Labute approximate surface area is 106 Å². The number of nitrogens with one attached hydrogen (secondary N) is 1. The van der Waals surface area contributed by atoms with E-state index in [9.17, 15) is 0 Å². The lowest BCUT2D eigenvalue weighted by Gasteiger charge is -2.06. The van der Waals surface area contributed by atoms with Gasteiger partial charge in [0.25, 0.3) is 0 Å². The maximum Gasteiger partial charge on any atom is 0.0222 e. The molecule has 0 unspecified atom stereocenters. The Morgan fingerprint density at radius 3 is 2.65 bits per heavy atom. The first-order chi connectivity index (χ1) is 8.33. The van der Waals surface area contributed by atoms with Gasteiger partial charge in [0, 0.05) is 12.6 Å². The molecule has 2 aromatic rings. The smallest absolute Gasteiger partial charge is 0.0222 e. The molecular weight excluding hydrogens is 226 g/mol. The first kappa shape index (κ1) is 11.0. The summed E-state index contributed by atoms with van der Waals surface area (Å²) < 4.78 is 0. The molecule has 1 aromatic heterocycles. The van der Waals surface area contributed by atoms with Crippen LogP contribution >= 0.6 is 11.3 Å². The van der Waals surface area contributed by atoms with Crippen LogP contribution in [0.25, 0.3) is 11.1 Å². The van der Waals surface area contributed by atoms with Crippen molar-refractivity contribution < 1.29 is 0 Å². The molecule has 17 heavy (non-hydrogen) atoms. The number of rotatable bonds is 4. The quantitative estimate of drug-likeness (QED) is 0.856. The molecule has 1 aromatic carbocycles. The van der Waals surface area contributed by atoms with Gasteiger partial charge in [-0.25, -0.2) is 0 Å². The van der Waals surface area contributed by atoms with Gasteiger partial charge in [0.1, 0.15) is 0 Å². The van der Waals surface area contributed by atoms with E-state index in [-0.39, 0.29) is 0 Å². The molecule has 0 amide bonds. The minimum atomic E-state index is 0.778. The van der Waals surface area contributed by atoms with Crippen molar-refractivity contribution in [3.05, 3.63) is 46.2 Å². The average Bonchev–Trinajstić information content (AvgIpc) is 3.06. The van der Waals surface area contributed by atoms with Crippen LogP contribution in [-0.4, -0.2) is 6.04 Å². The molecule has 1 N–H and O–H groups in total. The van der Waals surface area contributed by atoms with Crippen molar-refractivity contribution >= 4 is 11.3 Å². The molecule has 0 atom stereocenters. The van der Waals surface area contributed by atoms with Crippen LogP contribution in [0.4, 0.5) is 0 Å². The summed E-state index contributed by atoms with van der Waals surface area (Å²) in [5.74, 6) is 0. The molecule has 0 saturated heterocycles. The third-order valence-corrected chi connectivity index (χ3v) is 4.06. The van der Waals surface area contributed by atoms with E-state index in [1.165, 1.54) is 35.1 Å². The lowest BCUT2D eigenvalue weighted by molar-refractivity contribution is 0.690. The Morgan fingerprint density at radius 2 is 1.94 bits per heavy atom. The highest BCUT2D eigenvalue weighted by Gasteiger charge is 2.20. The molecule has 1 saturated carbocycles. The predicted octanol–water partition coefficient (Wildman–Crippen LogP) is 3.98. The van der Waals surface area contributed by atoms with E-state index in [4.69, 9.17) is 0 Å². The van der Waals surface area contributed by atoms with Crippen molar-refractivity contribution in [3.63, 3.8) is 0 Å². The highest BCUT2D eigenvalue weighted by Crippen LogP contribution is 2.28. The lowest BCUT2D eigenvalue weighted by atomic mass is 10.0. The zero-order chi connectivity index (χ0) is 11.7. The van der Waals surface area contributed by atoms with Gasteiger partial charge in [-0.15, -0.1) is 0 Å². The van der Waals surface area contributed by atoms with Crippen LogP contribution in [0.15, 0.2) is 35.0 Å². The number of hydrogen-bond donors (Lipinski definition) is 1. The van der Waals surface area contributed by atoms with Crippen LogP contribution in [-0.2, 0) is 6.54 Å². The summed E-state index contributed by atoms with van der Waals surface area (Å²) in [5.41, 5.74) is 5.49. The fourth-order valence-corrected chi connectivity index (χ4v) is 2.85. The minimum absolute atomic E-state index is 0.778. The SMILES string of the molecule is Cc1ccc(-c2cscc2CNC2CC2)cc1. The van der Waals surface area contributed by atoms with Crippen LogP contribution in [0.3, 0.4) is 0 Å². The third kappa shape index (κ3) is 2.59. The maximum absolute atomic E-state index is 3.59. The average molecular weight is 243 g/mol. The first-order valence-electron chi connectivity index (χ1n) is 6.18. The molecule has 0 aliphatic heterocycles. The summed E-state index contributed by atoms with van der Waals surface area (Å²) in [7, 11) is 0. The molecule has 0 spiro atoms. The van der Waals surface area contributed by atoms with Crippen molar-refractivity contribution in [2.45, 2.75) is 32.4 Å². The van der Waals surface area contributed by atoms with Crippen molar-refractivity contribution in [3.8, 4) is 11.1 Å². The lowest BCUT2D eigenvalue weighted by Crippen LogP contribution is -2.15. The molecular formula is C15H17NS. The van der Waals surface area contributed by atoms with E-state index in [1.54, 1.807) is 11.3 Å². The fourth-order valence-electron chi connectivity index (χ4n) is 1.99. The number of benzene rings is 1. The molecule has 1 fully saturated rings. The number of hydrogen-bond acceptors (Lipinski definition) is 2. The topological polar surface area (TPSA) is 12.0 Å². The second-order valence-corrected chi connectivity index (χ2v) is 5.58. The second-order valence-electron chi connectivity index (χ2n) is 4.83. The molecule has 0 bridgehead atoms. The van der Waals surface area contributed by atoms with Crippen LogP contribution in [0, 0.1) is 6.92 Å². The monoisotopic (exact) mass is 243 g/mol. The Kier molecular flexibility index (Phi) is 3.00. The summed E-state index contributed by atoms with van der Waals surface area (Å²) in [5, 5.41) is 8.11.